The number of halogens is 1. The van der Waals surface area contributed by atoms with Crippen LogP contribution < -0.4 is 10.0 Å². The summed E-state index contributed by atoms with van der Waals surface area (Å²) in [5, 5.41) is 3.20. The van der Waals surface area contributed by atoms with Gasteiger partial charge in [-0.15, -0.1) is 0 Å². The minimum Gasteiger partial charge on any atom is -0.313 e. The maximum absolute atomic E-state index is 12.5. The number of sulfonamides is 1. The zero-order valence-corrected chi connectivity index (χ0v) is 15.5. The van der Waals surface area contributed by atoms with Crippen LogP contribution in [0.5, 0.6) is 0 Å². The third-order valence-corrected chi connectivity index (χ3v) is 7.50. The van der Waals surface area contributed by atoms with Crippen LogP contribution in [0, 0.1) is 0 Å². The lowest BCUT2D eigenvalue weighted by Gasteiger charge is -2.15. The molecule has 1 saturated carbocycles. The minimum absolute atomic E-state index is 0.112. The molecule has 0 aliphatic heterocycles. The van der Waals surface area contributed by atoms with Gasteiger partial charge in [-0.2, -0.15) is 11.8 Å². The van der Waals surface area contributed by atoms with Gasteiger partial charge in [0.1, 0.15) is 0 Å². The third kappa shape index (κ3) is 4.45. The first kappa shape index (κ1) is 17.3. The van der Waals surface area contributed by atoms with E-state index in [1.807, 2.05) is 19.2 Å². The predicted molar refractivity (Wildman–Crippen MR) is 92.2 cm³/mol. The van der Waals surface area contributed by atoms with Gasteiger partial charge in [0, 0.05) is 22.3 Å². The second-order valence-electron chi connectivity index (χ2n) is 5.26. The monoisotopic (exact) mass is 392 g/mol. The van der Waals surface area contributed by atoms with E-state index in [2.05, 4.69) is 26.0 Å². The number of hydrogen-bond donors (Lipinski definition) is 2. The van der Waals surface area contributed by atoms with E-state index in [-0.39, 0.29) is 4.75 Å². The van der Waals surface area contributed by atoms with Gasteiger partial charge in [-0.05, 0) is 59.3 Å². The van der Waals surface area contributed by atoms with Crippen molar-refractivity contribution in [1.29, 1.82) is 0 Å². The highest BCUT2D eigenvalue weighted by Gasteiger charge is 2.42. The van der Waals surface area contributed by atoms with Crippen LogP contribution in [-0.4, -0.2) is 32.5 Å². The molecule has 1 aromatic carbocycles. The van der Waals surface area contributed by atoms with E-state index >= 15 is 0 Å². The molecule has 1 aliphatic carbocycles. The summed E-state index contributed by atoms with van der Waals surface area (Å²) in [7, 11) is -3.48. The zero-order valence-electron chi connectivity index (χ0n) is 12.3. The van der Waals surface area contributed by atoms with Crippen molar-refractivity contribution in [2.75, 3.05) is 19.3 Å². The number of thioether (sulfide) groups is 1. The molecule has 0 heterocycles. The molecule has 4 nitrogen and oxygen atoms in total. The largest absolute Gasteiger partial charge is 0.313 e. The molecular weight excluding hydrogens is 372 g/mol. The van der Waals surface area contributed by atoms with Gasteiger partial charge in [-0.3, -0.25) is 0 Å². The second-order valence-corrected chi connectivity index (χ2v) is 9.12. The first-order valence-electron chi connectivity index (χ1n) is 6.96. The Balaban J connectivity index is 2.14. The van der Waals surface area contributed by atoms with Crippen molar-refractivity contribution >= 4 is 37.7 Å². The Morgan fingerprint density at radius 1 is 1.38 bits per heavy atom. The van der Waals surface area contributed by atoms with Gasteiger partial charge >= 0.3 is 0 Å². The Bertz CT molecular complexity index is 601. The quantitative estimate of drug-likeness (QED) is 0.713. The van der Waals surface area contributed by atoms with Crippen LogP contribution in [0.2, 0.25) is 0 Å². The van der Waals surface area contributed by atoms with Crippen molar-refractivity contribution in [3.05, 3.63) is 28.2 Å². The molecule has 21 heavy (non-hydrogen) atoms. The van der Waals surface area contributed by atoms with Crippen LogP contribution >= 0.6 is 27.7 Å². The first-order valence-corrected chi connectivity index (χ1v) is 10.5. The van der Waals surface area contributed by atoms with Gasteiger partial charge < -0.3 is 5.32 Å². The molecule has 0 bridgehead atoms. The summed E-state index contributed by atoms with van der Waals surface area (Å²) in [6, 6.07) is 5.45. The van der Waals surface area contributed by atoms with Crippen molar-refractivity contribution in [1.82, 2.24) is 10.0 Å². The van der Waals surface area contributed by atoms with Gasteiger partial charge in [0.05, 0.1) is 4.90 Å². The average molecular weight is 393 g/mol. The maximum atomic E-state index is 12.5. The number of nitrogens with one attached hydrogen (secondary N) is 2. The fourth-order valence-electron chi connectivity index (χ4n) is 2.03. The summed E-state index contributed by atoms with van der Waals surface area (Å²) < 4.78 is 28.5. The van der Waals surface area contributed by atoms with Crippen LogP contribution in [0.1, 0.15) is 25.3 Å². The predicted octanol–water partition coefficient (Wildman–Crippen LogP) is 2.73. The Morgan fingerprint density at radius 2 is 2.10 bits per heavy atom. The maximum Gasteiger partial charge on any atom is 0.241 e. The standard InChI is InChI=1S/C14H21BrN2O2S2/c1-3-16-9-11-4-5-12(15)13(8-11)21(18,19)17-10-14(20-2)6-7-14/h4-5,8,16-17H,3,6-7,9-10H2,1-2H3. The van der Waals surface area contributed by atoms with E-state index in [0.29, 0.717) is 22.5 Å². The highest BCUT2D eigenvalue weighted by Crippen LogP contribution is 2.46. The van der Waals surface area contributed by atoms with Crippen LogP contribution in [0.25, 0.3) is 0 Å². The molecule has 0 aromatic heterocycles. The molecule has 0 saturated heterocycles. The molecule has 1 aromatic rings. The molecule has 0 atom stereocenters. The fraction of sp³-hybridized carbons (Fsp3) is 0.571. The number of rotatable bonds is 8. The summed E-state index contributed by atoms with van der Waals surface area (Å²) in [6.07, 6.45) is 4.20. The minimum atomic E-state index is -3.48. The summed E-state index contributed by atoms with van der Waals surface area (Å²) in [5.41, 5.74) is 0.964. The molecule has 2 rings (SSSR count). The van der Waals surface area contributed by atoms with E-state index in [9.17, 15) is 8.42 Å². The van der Waals surface area contributed by atoms with E-state index in [4.69, 9.17) is 0 Å². The highest BCUT2D eigenvalue weighted by molar-refractivity contribution is 9.10. The lowest BCUT2D eigenvalue weighted by Crippen LogP contribution is -2.32. The van der Waals surface area contributed by atoms with Gasteiger partial charge in [-0.1, -0.05) is 13.0 Å². The summed E-state index contributed by atoms with van der Waals surface area (Å²) in [5.74, 6) is 0. The topological polar surface area (TPSA) is 58.2 Å². The molecule has 0 spiro atoms. The summed E-state index contributed by atoms with van der Waals surface area (Å²) >= 11 is 5.09. The SMILES string of the molecule is CCNCc1ccc(Br)c(S(=O)(=O)NCC2(SC)CC2)c1. The Labute approximate surface area is 139 Å². The highest BCUT2D eigenvalue weighted by atomic mass is 79.9. The van der Waals surface area contributed by atoms with Gasteiger partial charge in [0.15, 0.2) is 0 Å². The molecule has 0 amide bonds. The van der Waals surface area contributed by atoms with Crippen molar-refractivity contribution in [3.63, 3.8) is 0 Å². The van der Waals surface area contributed by atoms with E-state index < -0.39 is 10.0 Å². The second kappa shape index (κ2) is 7.00. The molecular formula is C14H21BrN2O2S2. The molecule has 1 fully saturated rings. The average Bonchev–Trinajstić information content (AvgIpc) is 3.25. The van der Waals surface area contributed by atoms with Crippen molar-refractivity contribution in [3.8, 4) is 0 Å². The number of benzene rings is 1. The first-order chi connectivity index (χ1) is 9.92. The van der Waals surface area contributed by atoms with E-state index in [0.717, 1.165) is 24.9 Å². The third-order valence-electron chi connectivity index (χ3n) is 3.69. The molecule has 1 aliphatic rings. The summed E-state index contributed by atoms with van der Waals surface area (Å²) in [6.45, 7) is 4.05. The van der Waals surface area contributed by atoms with Gasteiger partial charge in [0.25, 0.3) is 0 Å². The lowest BCUT2D eigenvalue weighted by molar-refractivity contribution is 0.579. The van der Waals surface area contributed by atoms with Crippen molar-refractivity contribution < 1.29 is 8.42 Å². The Hall–Kier alpha value is -0.0800. The molecule has 0 unspecified atom stereocenters. The van der Waals surface area contributed by atoms with Gasteiger partial charge in [-0.25, -0.2) is 13.1 Å². The van der Waals surface area contributed by atoms with Crippen molar-refractivity contribution in [2.24, 2.45) is 0 Å². The van der Waals surface area contributed by atoms with Crippen molar-refractivity contribution in [2.45, 2.75) is 36.0 Å². The Kier molecular flexibility index (Phi) is 5.76. The number of hydrogen-bond acceptors (Lipinski definition) is 4. The van der Waals surface area contributed by atoms with Crippen LogP contribution in [0.3, 0.4) is 0 Å². The lowest BCUT2D eigenvalue weighted by atomic mass is 10.2. The van der Waals surface area contributed by atoms with E-state index in [1.54, 1.807) is 23.9 Å². The normalized spacial score (nSPS) is 16.9. The zero-order chi connectivity index (χ0) is 15.5. The van der Waals surface area contributed by atoms with E-state index in [1.165, 1.54) is 0 Å². The van der Waals surface area contributed by atoms with Crippen LogP contribution in [-0.2, 0) is 16.6 Å². The molecule has 118 valence electrons. The molecule has 7 heteroatoms. The van der Waals surface area contributed by atoms with Crippen LogP contribution in [0.4, 0.5) is 0 Å². The summed E-state index contributed by atoms with van der Waals surface area (Å²) in [4.78, 5) is 0.315. The molecule has 0 radical (unpaired) electrons. The smallest absolute Gasteiger partial charge is 0.241 e. The fourth-order valence-corrected chi connectivity index (χ4v) is 4.99. The molecule has 2 N–H and O–H groups in total. The Morgan fingerprint density at radius 3 is 2.67 bits per heavy atom. The van der Waals surface area contributed by atoms with Gasteiger partial charge in [0.2, 0.25) is 10.0 Å². The van der Waals surface area contributed by atoms with Crippen LogP contribution in [0.15, 0.2) is 27.6 Å².